The van der Waals surface area contributed by atoms with E-state index in [1.807, 2.05) is 29.2 Å². The molecule has 3 rings (SSSR count). The maximum Gasteiger partial charge on any atom is 0.356 e. The number of benzene rings is 1. The van der Waals surface area contributed by atoms with Crippen molar-refractivity contribution < 1.29 is 19.4 Å². The maximum atomic E-state index is 12.4. The van der Waals surface area contributed by atoms with Crippen LogP contribution >= 0.6 is 0 Å². The van der Waals surface area contributed by atoms with Crippen molar-refractivity contribution in [2.24, 2.45) is 5.92 Å². The van der Waals surface area contributed by atoms with Gasteiger partial charge >= 0.3 is 5.97 Å². The number of piperidine rings is 1. The number of methoxy groups -OCH3 is 1. The van der Waals surface area contributed by atoms with Gasteiger partial charge in [0.15, 0.2) is 5.69 Å². The van der Waals surface area contributed by atoms with E-state index in [1.165, 1.54) is 12.4 Å². The largest absolute Gasteiger partial charge is 0.497 e. The van der Waals surface area contributed by atoms with Crippen LogP contribution in [-0.2, 0) is 11.3 Å². The number of nitrogens with one attached hydrogen (secondary N) is 1. The second kappa shape index (κ2) is 8.48. The van der Waals surface area contributed by atoms with Crippen LogP contribution in [0.3, 0.4) is 0 Å². The molecule has 0 spiro atoms. The summed E-state index contributed by atoms with van der Waals surface area (Å²) in [5.41, 5.74) is 0.946. The molecular formula is C19H22N4O4. The third-order valence-corrected chi connectivity index (χ3v) is 4.67. The molecule has 1 aliphatic rings. The van der Waals surface area contributed by atoms with Crippen LogP contribution in [0.15, 0.2) is 36.7 Å². The normalized spacial score (nSPS) is 14.6. The summed E-state index contributed by atoms with van der Waals surface area (Å²) < 4.78 is 5.12. The van der Waals surface area contributed by atoms with Crippen molar-refractivity contribution in [3.8, 4) is 5.75 Å². The second-order valence-electron chi connectivity index (χ2n) is 6.39. The van der Waals surface area contributed by atoms with Crippen molar-refractivity contribution in [3.63, 3.8) is 0 Å². The van der Waals surface area contributed by atoms with Crippen molar-refractivity contribution in [3.05, 3.63) is 47.9 Å². The van der Waals surface area contributed by atoms with Crippen LogP contribution in [0.2, 0.25) is 0 Å². The highest BCUT2D eigenvalue weighted by Gasteiger charge is 2.25. The zero-order chi connectivity index (χ0) is 19.2. The number of carbonyl (C=O) groups is 2. The van der Waals surface area contributed by atoms with Crippen LogP contribution in [-0.4, -0.2) is 47.2 Å². The Bertz CT molecular complexity index is 784. The number of ether oxygens (including phenoxy) is 1. The van der Waals surface area contributed by atoms with E-state index < -0.39 is 5.97 Å². The van der Waals surface area contributed by atoms with Crippen molar-refractivity contribution >= 4 is 17.7 Å². The molecule has 1 aromatic heterocycles. The first kappa shape index (κ1) is 18.6. The van der Waals surface area contributed by atoms with Gasteiger partial charge in [-0.1, -0.05) is 12.1 Å². The Morgan fingerprint density at radius 1 is 1.19 bits per heavy atom. The third-order valence-electron chi connectivity index (χ3n) is 4.67. The first-order valence-corrected chi connectivity index (χ1v) is 8.77. The van der Waals surface area contributed by atoms with E-state index in [0.717, 1.165) is 24.2 Å². The maximum absolute atomic E-state index is 12.4. The van der Waals surface area contributed by atoms with Crippen molar-refractivity contribution in [2.75, 3.05) is 25.1 Å². The van der Waals surface area contributed by atoms with E-state index >= 15 is 0 Å². The number of carbonyl (C=O) groups excluding carboxylic acids is 1. The first-order chi connectivity index (χ1) is 13.1. The van der Waals surface area contributed by atoms with Crippen LogP contribution < -0.4 is 15.0 Å². The highest BCUT2D eigenvalue weighted by atomic mass is 16.5. The fourth-order valence-electron chi connectivity index (χ4n) is 3.04. The number of hydrogen-bond donors (Lipinski definition) is 2. The summed E-state index contributed by atoms with van der Waals surface area (Å²) in [5, 5.41) is 11.9. The molecule has 27 heavy (non-hydrogen) atoms. The molecule has 8 heteroatoms. The topological polar surface area (TPSA) is 105 Å². The molecule has 1 aromatic carbocycles. The molecule has 0 aliphatic carbocycles. The second-order valence-corrected chi connectivity index (χ2v) is 6.39. The van der Waals surface area contributed by atoms with Gasteiger partial charge in [0.2, 0.25) is 5.91 Å². The molecule has 1 amide bonds. The van der Waals surface area contributed by atoms with Gasteiger partial charge in [-0.05, 0) is 30.5 Å². The average Bonchev–Trinajstić information content (AvgIpc) is 2.72. The summed E-state index contributed by atoms with van der Waals surface area (Å²) in [5.74, 6) is 0.346. The number of aromatic carboxylic acids is 1. The van der Waals surface area contributed by atoms with Crippen LogP contribution in [0.4, 0.5) is 5.82 Å². The predicted molar refractivity (Wildman–Crippen MR) is 98.8 cm³/mol. The van der Waals surface area contributed by atoms with Crippen molar-refractivity contribution in [1.29, 1.82) is 0 Å². The minimum atomic E-state index is -1.10. The summed E-state index contributed by atoms with van der Waals surface area (Å²) in [6.07, 6.45) is 4.16. The minimum absolute atomic E-state index is 0.0363. The molecule has 0 radical (unpaired) electrons. The summed E-state index contributed by atoms with van der Waals surface area (Å²) in [4.78, 5) is 33.3. The highest BCUT2D eigenvalue weighted by molar-refractivity contribution is 5.85. The Morgan fingerprint density at radius 2 is 1.89 bits per heavy atom. The number of nitrogens with zero attached hydrogens (tertiary/aromatic N) is 3. The van der Waals surface area contributed by atoms with Gasteiger partial charge in [-0.15, -0.1) is 0 Å². The number of amides is 1. The van der Waals surface area contributed by atoms with Gasteiger partial charge < -0.3 is 20.1 Å². The number of carboxylic acids is 1. The van der Waals surface area contributed by atoms with Crippen LogP contribution in [0, 0.1) is 5.92 Å². The molecule has 2 N–H and O–H groups in total. The van der Waals surface area contributed by atoms with Crippen molar-refractivity contribution in [2.45, 2.75) is 19.4 Å². The molecule has 8 nitrogen and oxygen atoms in total. The number of anilines is 1. The van der Waals surface area contributed by atoms with E-state index in [4.69, 9.17) is 9.84 Å². The lowest BCUT2D eigenvalue weighted by Gasteiger charge is -2.31. The van der Waals surface area contributed by atoms with Crippen LogP contribution in [0.5, 0.6) is 5.75 Å². The highest BCUT2D eigenvalue weighted by Crippen LogP contribution is 2.21. The van der Waals surface area contributed by atoms with E-state index in [-0.39, 0.29) is 17.5 Å². The number of aromatic nitrogens is 2. The van der Waals surface area contributed by atoms with Crippen LogP contribution in [0.1, 0.15) is 28.9 Å². The Labute approximate surface area is 157 Å². The zero-order valence-corrected chi connectivity index (χ0v) is 15.1. The lowest BCUT2D eigenvalue weighted by molar-refractivity contribution is -0.125. The molecule has 1 fully saturated rings. The zero-order valence-electron chi connectivity index (χ0n) is 15.1. The monoisotopic (exact) mass is 370 g/mol. The standard InChI is InChI=1S/C19H22N4O4/c1-27-15-4-2-13(3-5-15)10-22-18(24)14-6-8-23(9-7-14)17-12-20-16(11-21-17)19(25)26/h2-5,11-12,14H,6-10H2,1H3,(H,22,24)(H,25,26). The van der Waals surface area contributed by atoms with E-state index in [9.17, 15) is 9.59 Å². The van der Waals surface area contributed by atoms with Gasteiger partial charge in [-0.25, -0.2) is 14.8 Å². The van der Waals surface area contributed by atoms with E-state index in [2.05, 4.69) is 15.3 Å². The number of rotatable bonds is 6. The predicted octanol–water partition coefficient (Wildman–Crippen LogP) is 1.72. The van der Waals surface area contributed by atoms with E-state index in [0.29, 0.717) is 25.5 Å². The Morgan fingerprint density at radius 3 is 2.44 bits per heavy atom. The SMILES string of the molecule is COc1ccc(CNC(=O)C2CCN(c3cnc(C(=O)O)cn3)CC2)cc1. The number of carboxylic acid groups (broad SMARTS) is 1. The Kier molecular flexibility index (Phi) is 5.85. The van der Waals surface area contributed by atoms with Crippen molar-refractivity contribution in [1.82, 2.24) is 15.3 Å². The van der Waals surface area contributed by atoms with Gasteiger partial charge in [-0.3, -0.25) is 4.79 Å². The van der Waals surface area contributed by atoms with Gasteiger partial charge in [-0.2, -0.15) is 0 Å². The third kappa shape index (κ3) is 4.72. The molecule has 0 saturated carbocycles. The minimum Gasteiger partial charge on any atom is -0.497 e. The fourth-order valence-corrected chi connectivity index (χ4v) is 3.04. The van der Waals surface area contributed by atoms with Gasteiger partial charge in [0.05, 0.1) is 19.5 Å². The van der Waals surface area contributed by atoms with Crippen LogP contribution in [0.25, 0.3) is 0 Å². The summed E-state index contributed by atoms with van der Waals surface area (Å²) in [6, 6.07) is 7.61. The molecule has 0 unspecified atom stereocenters. The molecule has 2 aromatic rings. The first-order valence-electron chi connectivity index (χ1n) is 8.77. The smallest absolute Gasteiger partial charge is 0.356 e. The molecule has 1 saturated heterocycles. The summed E-state index contributed by atoms with van der Waals surface area (Å²) >= 11 is 0. The fraction of sp³-hybridized carbons (Fsp3) is 0.368. The molecule has 0 bridgehead atoms. The van der Waals surface area contributed by atoms with E-state index in [1.54, 1.807) is 7.11 Å². The van der Waals surface area contributed by atoms with Gasteiger partial charge in [0.25, 0.3) is 0 Å². The van der Waals surface area contributed by atoms with Gasteiger partial charge in [0.1, 0.15) is 11.6 Å². The lowest BCUT2D eigenvalue weighted by Crippen LogP contribution is -2.40. The number of hydrogen-bond acceptors (Lipinski definition) is 6. The summed E-state index contributed by atoms with van der Waals surface area (Å²) in [6.45, 7) is 1.86. The molecular weight excluding hydrogens is 348 g/mol. The molecule has 1 aliphatic heterocycles. The quantitative estimate of drug-likeness (QED) is 0.798. The average molecular weight is 370 g/mol. The lowest BCUT2D eigenvalue weighted by atomic mass is 9.96. The Hall–Kier alpha value is -3.16. The molecule has 0 atom stereocenters. The van der Waals surface area contributed by atoms with Gasteiger partial charge in [0, 0.05) is 25.6 Å². The Balaban J connectivity index is 1.47. The molecule has 142 valence electrons. The molecule has 2 heterocycles. The summed E-state index contributed by atoms with van der Waals surface area (Å²) in [7, 11) is 1.62.